The molecular formula is C15H11Cl6NO4. The largest absolute Gasteiger partial charge is 0.373 e. The minimum atomic E-state index is -1.71. The maximum Gasteiger partial charge on any atom is 0.260 e. The number of nitrogens with zero attached hydrogens (tertiary/aromatic N) is 1. The van der Waals surface area contributed by atoms with Gasteiger partial charge in [-0.3, -0.25) is 14.4 Å². The van der Waals surface area contributed by atoms with E-state index in [9.17, 15) is 9.59 Å². The Balaban J connectivity index is 1.66. The Morgan fingerprint density at radius 3 is 1.77 bits per heavy atom. The number of imide groups is 1. The lowest BCUT2D eigenvalue weighted by molar-refractivity contribution is -0.191. The van der Waals surface area contributed by atoms with Crippen LogP contribution in [0.1, 0.15) is 6.92 Å². The van der Waals surface area contributed by atoms with E-state index >= 15 is 0 Å². The lowest BCUT2D eigenvalue weighted by Gasteiger charge is -2.39. The van der Waals surface area contributed by atoms with Crippen molar-refractivity contribution < 1.29 is 19.2 Å². The number of ether oxygens (including phenoxy) is 1. The van der Waals surface area contributed by atoms with Crippen molar-refractivity contribution in [2.75, 3.05) is 6.61 Å². The van der Waals surface area contributed by atoms with Crippen LogP contribution in [0.4, 0.5) is 0 Å². The molecule has 5 aliphatic rings. The third-order valence-corrected chi connectivity index (χ3v) is 10.7. The quantitative estimate of drug-likeness (QED) is 0.448. The molecule has 142 valence electrons. The van der Waals surface area contributed by atoms with Gasteiger partial charge < -0.3 is 4.74 Å². The third-order valence-electron chi connectivity index (χ3n) is 6.40. The number of hydrogen-bond acceptors (Lipinski definition) is 4. The zero-order chi connectivity index (χ0) is 19.0. The van der Waals surface area contributed by atoms with Crippen LogP contribution in [0.3, 0.4) is 0 Å². The fourth-order valence-electron chi connectivity index (χ4n) is 5.53. The summed E-state index contributed by atoms with van der Waals surface area (Å²) in [4.78, 5) is 27.7. The average Bonchev–Trinajstić information content (AvgIpc) is 3.28. The molecule has 0 unspecified atom stereocenters. The molecule has 8 atom stereocenters. The molecule has 5 rings (SSSR count). The summed E-state index contributed by atoms with van der Waals surface area (Å²) in [5, 5.41) is 0.940. The molecule has 4 bridgehead atoms. The monoisotopic (exact) mass is 479 g/mol. The van der Waals surface area contributed by atoms with Gasteiger partial charge in [0.15, 0.2) is 4.33 Å². The summed E-state index contributed by atoms with van der Waals surface area (Å²) in [6.45, 7) is 1.87. The molecule has 0 N–H and O–H groups in total. The predicted molar refractivity (Wildman–Crippen MR) is 96.4 cm³/mol. The van der Waals surface area contributed by atoms with Gasteiger partial charge in [-0.15, -0.1) is 23.2 Å². The van der Waals surface area contributed by atoms with E-state index in [1.54, 1.807) is 6.92 Å². The summed E-state index contributed by atoms with van der Waals surface area (Å²) in [6, 6.07) is 0. The van der Waals surface area contributed by atoms with E-state index in [0.29, 0.717) is 0 Å². The van der Waals surface area contributed by atoms with Crippen molar-refractivity contribution in [2.45, 2.75) is 33.2 Å². The lowest BCUT2D eigenvalue weighted by atomic mass is 9.65. The van der Waals surface area contributed by atoms with E-state index in [0.717, 1.165) is 5.06 Å². The first-order chi connectivity index (χ1) is 12.1. The molecule has 0 aromatic rings. The molecule has 26 heavy (non-hydrogen) atoms. The number of hydrogen-bond donors (Lipinski definition) is 0. The topological polar surface area (TPSA) is 55.8 Å². The molecule has 3 saturated heterocycles. The van der Waals surface area contributed by atoms with Gasteiger partial charge in [0.1, 0.15) is 9.75 Å². The van der Waals surface area contributed by atoms with Crippen LogP contribution in [-0.4, -0.2) is 49.8 Å². The second-order valence-electron chi connectivity index (χ2n) is 7.18. The van der Waals surface area contributed by atoms with Gasteiger partial charge in [-0.1, -0.05) is 46.4 Å². The number of allylic oxidation sites excluding steroid dienone is 2. The van der Waals surface area contributed by atoms with Crippen molar-refractivity contribution in [2.24, 2.45) is 23.7 Å². The van der Waals surface area contributed by atoms with Crippen molar-refractivity contribution in [1.82, 2.24) is 5.06 Å². The van der Waals surface area contributed by atoms with Crippen molar-refractivity contribution >= 4 is 81.4 Å². The summed E-state index contributed by atoms with van der Waals surface area (Å²) in [7, 11) is 0. The maximum absolute atomic E-state index is 12.8. The molecule has 2 aliphatic carbocycles. The molecule has 3 heterocycles. The summed E-state index contributed by atoms with van der Waals surface area (Å²) in [6.07, 6.45) is -1.41. The number of alkyl halides is 4. The van der Waals surface area contributed by atoms with Crippen molar-refractivity contribution in [3.63, 3.8) is 0 Å². The normalized spacial score (nSPS) is 53.1. The summed E-state index contributed by atoms with van der Waals surface area (Å²) in [5.41, 5.74) is 0. The molecule has 4 fully saturated rings. The van der Waals surface area contributed by atoms with Gasteiger partial charge in [-0.05, 0) is 6.92 Å². The maximum atomic E-state index is 12.8. The van der Waals surface area contributed by atoms with Gasteiger partial charge in [-0.25, -0.2) is 0 Å². The highest BCUT2D eigenvalue weighted by molar-refractivity contribution is 6.65. The van der Waals surface area contributed by atoms with Crippen LogP contribution in [0.2, 0.25) is 0 Å². The molecule has 1 saturated carbocycles. The number of hydroxylamine groups is 2. The number of amides is 2. The Morgan fingerprint density at radius 2 is 1.38 bits per heavy atom. The number of rotatable bonds is 2. The fraction of sp³-hybridized carbons (Fsp3) is 0.733. The Kier molecular flexibility index (Phi) is 3.69. The lowest BCUT2D eigenvalue weighted by Crippen LogP contribution is -2.50. The van der Waals surface area contributed by atoms with Gasteiger partial charge in [-0.2, -0.15) is 5.06 Å². The summed E-state index contributed by atoms with van der Waals surface area (Å²) < 4.78 is 4.31. The number of carbonyl (C=O) groups excluding carboxylic acids is 2. The van der Waals surface area contributed by atoms with E-state index < -0.39 is 61.8 Å². The van der Waals surface area contributed by atoms with Crippen molar-refractivity contribution in [3.8, 4) is 0 Å². The van der Waals surface area contributed by atoms with Gasteiger partial charge in [0, 0.05) is 11.8 Å². The third kappa shape index (κ3) is 1.55. The van der Waals surface area contributed by atoms with E-state index in [1.807, 2.05) is 0 Å². The first-order valence-corrected chi connectivity index (χ1v) is 10.3. The number of fused-ring (bicyclic) bond motifs is 12. The minimum Gasteiger partial charge on any atom is -0.373 e. The molecule has 0 aromatic carbocycles. The van der Waals surface area contributed by atoms with Crippen molar-refractivity contribution in [1.29, 1.82) is 0 Å². The fourth-order valence-corrected chi connectivity index (χ4v) is 8.59. The molecule has 11 heteroatoms. The molecule has 3 aliphatic heterocycles. The van der Waals surface area contributed by atoms with Crippen LogP contribution in [0.25, 0.3) is 0 Å². The van der Waals surface area contributed by atoms with Crippen LogP contribution >= 0.6 is 69.6 Å². The van der Waals surface area contributed by atoms with Crippen LogP contribution in [0.5, 0.6) is 0 Å². The second kappa shape index (κ2) is 5.17. The SMILES string of the molecule is CCON1C(=O)[C@@H]2[C@H]3O[C@@H]([C@@H]2C1=O)[C@H]1[C@@H]3[C@@]2(Cl)C(Cl)=C(Cl)[C@@]1(Cl)C2(Cl)Cl. The Bertz CT molecular complexity index is 745. The van der Waals surface area contributed by atoms with Crippen molar-refractivity contribution in [3.05, 3.63) is 10.1 Å². The van der Waals surface area contributed by atoms with E-state index in [1.165, 1.54) is 0 Å². The van der Waals surface area contributed by atoms with E-state index in [2.05, 4.69) is 0 Å². The number of halogens is 6. The van der Waals surface area contributed by atoms with Crippen LogP contribution in [0.15, 0.2) is 10.1 Å². The smallest absolute Gasteiger partial charge is 0.260 e. The standard InChI is InChI=1S/C15H11Cl6NO4/c1-2-25-22-11(23)3-4(12(22)24)8-6-5(7(3)26-8)13(18)9(16)10(17)14(6,19)15(13,20)21/h3-8H,2H2,1H3/t3-,4+,5-,6+,7+,8-,13-,14-/m1/s1. The predicted octanol–water partition coefficient (Wildman–Crippen LogP) is 3.40. The van der Waals surface area contributed by atoms with Gasteiger partial charge >= 0.3 is 0 Å². The second-order valence-corrected chi connectivity index (χ2v) is 10.5. The Hall–Kier alpha value is 0.540. The molecule has 2 amide bonds. The zero-order valence-electron chi connectivity index (χ0n) is 13.0. The summed E-state index contributed by atoms with van der Waals surface area (Å²) in [5.74, 6) is -3.50. The van der Waals surface area contributed by atoms with E-state index in [4.69, 9.17) is 79.2 Å². The summed E-state index contributed by atoms with van der Waals surface area (Å²) >= 11 is 39.7. The molecular weight excluding hydrogens is 471 g/mol. The van der Waals surface area contributed by atoms with Gasteiger partial charge in [0.05, 0.1) is 40.7 Å². The molecule has 0 radical (unpaired) electrons. The van der Waals surface area contributed by atoms with Gasteiger partial charge in [0.25, 0.3) is 11.8 Å². The Labute approximate surface area is 178 Å². The number of carbonyl (C=O) groups is 2. The zero-order valence-corrected chi connectivity index (χ0v) is 17.6. The highest BCUT2D eigenvalue weighted by Gasteiger charge is 2.90. The molecule has 5 nitrogen and oxygen atoms in total. The highest BCUT2D eigenvalue weighted by Crippen LogP contribution is 2.81. The highest BCUT2D eigenvalue weighted by atomic mass is 35.5. The van der Waals surface area contributed by atoms with Crippen LogP contribution in [-0.2, 0) is 19.2 Å². The first-order valence-electron chi connectivity index (χ1n) is 8.04. The van der Waals surface area contributed by atoms with Gasteiger partial charge in [0.2, 0.25) is 0 Å². The minimum absolute atomic E-state index is 0.0632. The van der Waals surface area contributed by atoms with Crippen LogP contribution in [0, 0.1) is 23.7 Å². The first kappa shape index (κ1) is 18.6. The van der Waals surface area contributed by atoms with E-state index in [-0.39, 0.29) is 16.7 Å². The Morgan fingerprint density at radius 1 is 0.962 bits per heavy atom. The molecule has 0 aromatic heterocycles. The average molecular weight is 482 g/mol. The molecule has 0 spiro atoms. The van der Waals surface area contributed by atoms with Crippen LogP contribution < -0.4 is 0 Å².